The van der Waals surface area contributed by atoms with Crippen molar-refractivity contribution in [2.75, 3.05) is 19.1 Å². The summed E-state index contributed by atoms with van der Waals surface area (Å²) >= 11 is 1.40. The number of methoxy groups -OCH3 is 2. The summed E-state index contributed by atoms with van der Waals surface area (Å²) in [6, 6.07) is 14.1. The number of aromatic nitrogens is 2. The number of ether oxygens (including phenoxy) is 2. The Hall–Kier alpha value is -3.78. The molecule has 0 bridgehead atoms. The van der Waals surface area contributed by atoms with E-state index in [4.69, 9.17) is 14.5 Å². The lowest BCUT2D eigenvalue weighted by Crippen LogP contribution is -2.31. The lowest BCUT2D eigenvalue weighted by molar-refractivity contribution is 0.0597. The van der Waals surface area contributed by atoms with Gasteiger partial charge in [-0.15, -0.1) is 0 Å². The van der Waals surface area contributed by atoms with Crippen LogP contribution in [0.25, 0.3) is 10.2 Å². The highest BCUT2D eigenvalue weighted by Gasteiger charge is 2.27. The van der Waals surface area contributed by atoms with E-state index in [0.29, 0.717) is 16.4 Å². The van der Waals surface area contributed by atoms with Gasteiger partial charge in [0.2, 0.25) is 0 Å². The maximum absolute atomic E-state index is 13.7. The zero-order chi connectivity index (χ0) is 22.7. The third-order valence-electron chi connectivity index (χ3n) is 5.01. The Morgan fingerprint density at radius 3 is 2.50 bits per heavy atom. The highest BCUT2D eigenvalue weighted by atomic mass is 32.1. The first kappa shape index (κ1) is 21.5. The van der Waals surface area contributed by atoms with E-state index in [9.17, 15) is 9.59 Å². The van der Waals surface area contributed by atoms with E-state index < -0.39 is 5.97 Å². The molecule has 0 unspecified atom stereocenters. The number of nitrogens with zero attached hydrogens (tertiary/aromatic N) is 3. The summed E-state index contributed by atoms with van der Waals surface area (Å²) in [5.74, 6) is -0.292. The SMILES string of the molecule is COC(=O)c1ccccc1C(=O)N(Cc1cccnc1)c1nc2c(OC)ccc(C)c2s1. The van der Waals surface area contributed by atoms with Crippen LogP contribution in [0.4, 0.5) is 5.13 Å². The molecule has 0 spiro atoms. The van der Waals surface area contributed by atoms with Gasteiger partial charge in [-0.3, -0.25) is 14.7 Å². The Labute approximate surface area is 189 Å². The van der Waals surface area contributed by atoms with Crippen molar-refractivity contribution < 1.29 is 19.1 Å². The number of carbonyl (C=O) groups excluding carboxylic acids is 2. The molecule has 162 valence electrons. The summed E-state index contributed by atoms with van der Waals surface area (Å²) in [5.41, 5.74) is 3.00. The van der Waals surface area contributed by atoms with Crippen LogP contribution in [0.15, 0.2) is 60.9 Å². The van der Waals surface area contributed by atoms with Gasteiger partial charge in [0.05, 0.1) is 36.6 Å². The fraction of sp³-hybridized carbons (Fsp3) is 0.167. The smallest absolute Gasteiger partial charge is 0.338 e. The minimum atomic E-state index is -0.572. The first-order chi connectivity index (χ1) is 15.5. The third kappa shape index (κ3) is 4.04. The number of aryl methyl sites for hydroxylation is 1. The zero-order valence-electron chi connectivity index (χ0n) is 17.9. The van der Waals surface area contributed by atoms with Crippen molar-refractivity contribution in [2.24, 2.45) is 0 Å². The molecule has 0 fully saturated rings. The molecule has 4 aromatic rings. The van der Waals surface area contributed by atoms with Gasteiger partial charge in [-0.25, -0.2) is 9.78 Å². The summed E-state index contributed by atoms with van der Waals surface area (Å²) in [6.07, 6.45) is 3.37. The molecule has 0 saturated carbocycles. The van der Waals surface area contributed by atoms with Crippen LogP contribution in [0.5, 0.6) is 5.75 Å². The van der Waals surface area contributed by atoms with Crippen molar-refractivity contribution in [3.8, 4) is 5.75 Å². The van der Waals surface area contributed by atoms with Crippen LogP contribution in [0, 0.1) is 6.92 Å². The standard InChI is InChI=1S/C24H21N3O4S/c1-15-10-11-19(30-2)20-21(15)32-24(26-20)27(14-16-7-6-12-25-13-16)22(28)17-8-4-5-9-18(17)23(29)31-3/h4-13H,14H2,1-3H3. The minimum absolute atomic E-state index is 0.200. The Morgan fingerprint density at radius 2 is 1.81 bits per heavy atom. The predicted octanol–water partition coefficient (Wildman–Crippen LogP) is 4.64. The molecule has 0 atom stereocenters. The molecule has 7 nitrogen and oxygen atoms in total. The topological polar surface area (TPSA) is 81.6 Å². The van der Waals surface area contributed by atoms with Gasteiger partial charge in [0.1, 0.15) is 11.3 Å². The molecule has 0 radical (unpaired) electrons. The van der Waals surface area contributed by atoms with E-state index in [0.717, 1.165) is 15.8 Å². The average Bonchev–Trinajstić information content (AvgIpc) is 3.28. The van der Waals surface area contributed by atoms with Gasteiger partial charge >= 0.3 is 5.97 Å². The number of pyridine rings is 1. The maximum Gasteiger partial charge on any atom is 0.338 e. The summed E-state index contributed by atoms with van der Waals surface area (Å²) < 4.78 is 11.3. The summed E-state index contributed by atoms with van der Waals surface area (Å²) in [6.45, 7) is 2.23. The van der Waals surface area contributed by atoms with Crippen molar-refractivity contribution in [2.45, 2.75) is 13.5 Å². The maximum atomic E-state index is 13.7. The second-order valence-electron chi connectivity index (χ2n) is 7.05. The lowest BCUT2D eigenvalue weighted by Gasteiger charge is -2.21. The number of rotatable bonds is 6. The van der Waals surface area contributed by atoms with Crippen molar-refractivity contribution in [3.05, 3.63) is 83.2 Å². The number of carbonyl (C=O) groups is 2. The Balaban J connectivity index is 1.86. The van der Waals surface area contributed by atoms with Crippen molar-refractivity contribution in [3.63, 3.8) is 0 Å². The van der Waals surface area contributed by atoms with Gasteiger partial charge in [0, 0.05) is 12.4 Å². The Bertz CT molecular complexity index is 1290. The molecule has 2 heterocycles. The average molecular weight is 448 g/mol. The summed E-state index contributed by atoms with van der Waals surface area (Å²) in [7, 11) is 2.88. The monoisotopic (exact) mass is 447 g/mol. The molecular weight excluding hydrogens is 426 g/mol. The highest BCUT2D eigenvalue weighted by Crippen LogP contribution is 2.37. The fourth-order valence-electron chi connectivity index (χ4n) is 3.38. The molecule has 4 rings (SSSR count). The van der Waals surface area contributed by atoms with Crippen LogP contribution < -0.4 is 9.64 Å². The summed E-state index contributed by atoms with van der Waals surface area (Å²) in [5, 5.41) is 0.501. The van der Waals surface area contributed by atoms with E-state index in [-0.39, 0.29) is 23.6 Å². The second-order valence-corrected chi connectivity index (χ2v) is 8.03. The predicted molar refractivity (Wildman–Crippen MR) is 123 cm³/mol. The van der Waals surface area contributed by atoms with E-state index >= 15 is 0 Å². The molecule has 8 heteroatoms. The molecule has 2 aromatic heterocycles. The molecule has 0 aliphatic heterocycles. The molecule has 32 heavy (non-hydrogen) atoms. The fourth-order valence-corrected chi connectivity index (χ4v) is 4.43. The van der Waals surface area contributed by atoms with Crippen molar-refractivity contribution in [1.29, 1.82) is 0 Å². The largest absolute Gasteiger partial charge is 0.494 e. The van der Waals surface area contributed by atoms with Gasteiger partial charge < -0.3 is 9.47 Å². The second kappa shape index (κ2) is 9.15. The van der Waals surface area contributed by atoms with Gasteiger partial charge in [0.15, 0.2) is 5.13 Å². The zero-order valence-corrected chi connectivity index (χ0v) is 18.7. The summed E-state index contributed by atoms with van der Waals surface area (Å²) in [4.78, 5) is 36.5. The number of amides is 1. The van der Waals surface area contributed by atoms with Crippen molar-refractivity contribution >= 4 is 38.6 Å². The Morgan fingerprint density at radius 1 is 1.03 bits per heavy atom. The Kier molecular flexibility index (Phi) is 6.13. The third-order valence-corrected chi connectivity index (χ3v) is 6.23. The number of fused-ring (bicyclic) bond motifs is 1. The number of esters is 1. The minimum Gasteiger partial charge on any atom is -0.494 e. The van der Waals surface area contributed by atoms with Crippen LogP contribution in [0.2, 0.25) is 0 Å². The van der Waals surface area contributed by atoms with Crippen LogP contribution in [0.3, 0.4) is 0 Å². The number of thiazole rings is 1. The molecule has 0 aliphatic carbocycles. The van der Waals surface area contributed by atoms with Crippen LogP contribution >= 0.6 is 11.3 Å². The molecule has 0 N–H and O–H groups in total. The van der Waals surface area contributed by atoms with Gasteiger partial charge in [-0.05, 0) is 42.3 Å². The quantitative estimate of drug-likeness (QED) is 0.401. The van der Waals surface area contributed by atoms with Gasteiger partial charge in [0.25, 0.3) is 5.91 Å². The van der Waals surface area contributed by atoms with E-state index in [2.05, 4.69) is 4.98 Å². The van der Waals surface area contributed by atoms with E-state index in [1.165, 1.54) is 18.4 Å². The first-order valence-corrected chi connectivity index (χ1v) is 10.7. The first-order valence-electron chi connectivity index (χ1n) is 9.85. The molecule has 1 amide bonds. The molecule has 2 aromatic carbocycles. The number of hydrogen-bond acceptors (Lipinski definition) is 7. The van der Waals surface area contributed by atoms with Crippen LogP contribution in [0.1, 0.15) is 31.8 Å². The normalized spacial score (nSPS) is 10.7. The molecule has 0 saturated heterocycles. The number of hydrogen-bond donors (Lipinski definition) is 0. The van der Waals surface area contributed by atoms with Crippen LogP contribution in [-0.2, 0) is 11.3 Å². The van der Waals surface area contributed by atoms with Crippen molar-refractivity contribution in [1.82, 2.24) is 9.97 Å². The molecular formula is C24H21N3O4S. The highest BCUT2D eigenvalue weighted by molar-refractivity contribution is 7.22. The van der Waals surface area contributed by atoms with Gasteiger partial charge in [-0.1, -0.05) is 35.6 Å². The number of benzene rings is 2. The van der Waals surface area contributed by atoms with Gasteiger partial charge in [-0.2, -0.15) is 0 Å². The number of anilines is 1. The van der Waals surface area contributed by atoms with E-state index in [1.54, 1.807) is 48.7 Å². The lowest BCUT2D eigenvalue weighted by atomic mass is 10.1. The van der Waals surface area contributed by atoms with E-state index in [1.807, 2.05) is 31.2 Å². The molecule has 0 aliphatic rings. The van der Waals surface area contributed by atoms with Crippen LogP contribution in [-0.4, -0.2) is 36.1 Å².